The third-order valence-corrected chi connectivity index (χ3v) is 3.68. The summed E-state index contributed by atoms with van der Waals surface area (Å²) < 4.78 is 0. The van der Waals surface area contributed by atoms with Gasteiger partial charge in [0.1, 0.15) is 0 Å². The summed E-state index contributed by atoms with van der Waals surface area (Å²) in [6.07, 6.45) is 6.59. The van der Waals surface area contributed by atoms with Gasteiger partial charge in [-0.3, -0.25) is 0 Å². The van der Waals surface area contributed by atoms with Crippen molar-refractivity contribution in [3.05, 3.63) is 34.9 Å². The largest absolute Gasteiger partial charge is 0.388 e. The Morgan fingerprint density at radius 3 is 2.24 bits per heavy atom. The molecule has 0 aliphatic rings. The van der Waals surface area contributed by atoms with E-state index in [2.05, 4.69) is 15.9 Å². The number of hydrogen-bond acceptors (Lipinski definition) is 1. The quantitative estimate of drug-likeness (QED) is 0.521. The number of alkyl halides is 1. The number of halogens is 2. The molecule has 0 radical (unpaired) electrons. The molecular weight excluding hydrogens is 300 g/mol. The van der Waals surface area contributed by atoms with E-state index in [0.29, 0.717) is 0 Å². The molecule has 0 aromatic heterocycles. The van der Waals surface area contributed by atoms with Crippen molar-refractivity contribution in [2.24, 2.45) is 0 Å². The van der Waals surface area contributed by atoms with Crippen LogP contribution in [-0.4, -0.2) is 10.4 Å². The maximum atomic E-state index is 9.96. The standard InChI is InChI=1S/C14H20BrClO/c15-11-5-3-1-2-4-6-14(17)12-7-9-13(16)10-8-12/h7-10,14,17H,1-6,11H2. The van der Waals surface area contributed by atoms with Crippen LogP contribution in [0.5, 0.6) is 0 Å². The normalized spacial score (nSPS) is 12.6. The van der Waals surface area contributed by atoms with Gasteiger partial charge >= 0.3 is 0 Å². The van der Waals surface area contributed by atoms with E-state index in [1.54, 1.807) is 0 Å². The first kappa shape index (κ1) is 15.0. The monoisotopic (exact) mass is 318 g/mol. The van der Waals surface area contributed by atoms with Crippen molar-refractivity contribution in [3.63, 3.8) is 0 Å². The first-order valence-electron chi connectivity index (χ1n) is 6.23. The summed E-state index contributed by atoms with van der Waals surface area (Å²) in [5.41, 5.74) is 0.967. The molecule has 0 bridgehead atoms. The molecule has 0 heterocycles. The number of aliphatic hydroxyl groups excluding tert-OH is 1. The molecule has 0 saturated heterocycles. The summed E-state index contributed by atoms with van der Waals surface area (Å²) in [5, 5.41) is 11.8. The van der Waals surface area contributed by atoms with Gasteiger partial charge in [-0.15, -0.1) is 0 Å². The average molecular weight is 320 g/mol. The lowest BCUT2D eigenvalue weighted by Gasteiger charge is -2.10. The number of benzene rings is 1. The van der Waals surface area contributed by atoms with Crippen molar-refractivity contribution in [2.45, 2.75) is 44.6 Å². The van der Waals surface area contributed by atoms with Gasteiger partial charge < -0.3 is 5.11 Å². The molecule has 3 heteroatoms. The molecule has 1 rings (SSSR count). The van der Waals surface area contributed by atoms with E-state index >= 15 is 0 Å². The zero-order valence-electron chi connectivity index (χ0n) is 10.0. The van der Waals surface area contributed by atoms with Gasteiger partial charge in [0.15, 0.2) is 0 Å². The second kappa shape index (κ2) is 8.96. The van der Waals surface area contributed by atoms with E-state index in [0.717, 1.165) is 28.8 Å². The van der Waals surface area contributed by atoms with Gasteiger partial charge in [-0.1, -0.05) is 65.3 Å². The molecule has 0 aliphatic heterocycles. The first-order chi connectivity index (χ1) is 8.24. The molecule has 1 atom stereocenters. The summed E-state index contributed by atoms with van der Waals surface area (Å²) in [5.74, 6) is 0. The summed E-state index contributed by atoms with van der Waals surface area (Å²) >= 11 is 9.23. The van der Waals surface area contributed by atoms with Crippen molar-refractivity contribution in [1.82, 2.24) is 0 Å². The molecule has 0 amide bonds. The molecule has 1 N–H and O–H groups in total. The highest BCUT2D eigenvalue weighted by Crippen LogP contribution is 2.21. The SMILES string of the molecule is OC(CCCCCCCBr)c1ccc(Cl)cc1. The van der Waals surface area contributed by atoms with E-state index in [9.17, 15) is 5.11 Å². The molecule has 1 unspecified atom stereocenters. The summed E-state index contributed by atoms with van der Waals surface area (Å²) in [4.78, 5) is 0. The Balaban J connectivity index is 2.16. The lowest BCUT2D eigenvalue weighted by molar-refractivity contribution is 0.163. The minimum Gasteiger partial charge on any atom is -0.388 e. The average Bonchev–Trinajstić information content (AvgIpc) is 2.34. The van der Waals surface area contributed by atoms with Gasteiger partial charge in [-0.25, -0.2) is 0 Å². The smallest absolute Gasteiger partial charge is 0.0790 e. The molecule has 1 aromatic carbocycles. The lowest BCUT2D eigenvalue weighted by Crippen LogP contribution is -1.97. The second-order valence-corrected chi connectivity index (χ2v) is 5.54. The topological polar surface area (TPSA) is 20.2 Å². The van der Waals surface area contributed by atoms with E-state index in [1.807, 2.05) is 24.3 Å². The second-order valence-electron chi connectivity index (χ2n) is 4.31. The molecule has 0 spiro atoms. The predicted octanol–water partition coefficient (Wildman–Crippen LogP) is 5.11. The van der Waals surface area contributed by atoms with Crippen molar-refractivity contribution in [1.29, 1.82) is 0 Å². The third-order valence-electron chi connectivity index (χ3n) is 2.87. The Kier molecular flexibility index (Phi) is 7.91. The number of aliphatic hydroxyl groups is 1. The first-order valence-corrected chi connectivity index (χ1v) is 7.73. The van der Waals surface area contributed by atoms with E-state index in [-0.39, 0.29) is 6.10 Å². The Morgan fingerprint density at radius 1 is 1.00 bits per heavy atom. The molecular formula is C14H20BrClO. The van der Waals surface area contributed by atoms with Gasteiger partial charge in [0.05, 0.1) is 6.10 Å². The fraction of sp³-hybridized carbons (Fsp3) is 0.571. The van der Waals surface area contributed by atoms with Gasteiger partial charge in [0, 0.05) is 10.4 Å². The highest BCUT2D eigenvalue weighted by molar-refractivity contribution is 9.09. The maximum absolute atomic E-state index is 9.96. The summed E-state index contributed by atoms with van der Waals surface area (Å²) in [7, 11) is 0. The molecule has 96 valence electrons. The zero-order chi connectivity index (χ0) is 12.5. The van der Waals surface area contributed by atoms with Crippen LogP contribution in [0.25, 0.3) is 0 Å². The van der Waals surface area contributed by atoms with Crippen LogP contribution in [0.15, 0.2) is 24.3 Å². The van der Waals surface area contributed by atoms with Crippen molar-refractivity contribution in [2.75, 3.05) is 5.33 Å². The van der Waals surface area contributed by atoms with Gasteiger partial charge in [-0.05, 0) is 30.5 Å². The number of unbranched alkanes of at least 4 members (excludes halogenated alkanes) is 4. The van der Waals surface area contributed by atoms with Gasteiger partial charge in [0.2, 0.25) is 0 Å². The van der Waals surface area contributed by atoms with E-state index in [4.69, 9.17) is 11.6 Å². The van der Waals surface area contributed by atoms with E-state index in [1.165, 1.54) is 25.7 Å². The Hall–Kier alpha value is -0.0500. The fourth-order valence-corrected chi connectivity index (χ4v) is 2.34. The molecule has 1 aromatic rings. The zero-order valence-corrected chi connectivity index (χ0v) is 12.4. The van der Waals surface area contributed by atoms with Crippen molar-refractivity contribution in [3.8, 4) is 0 Å². The summed E-state index contributed by atoms with van der Waals surface area (Å²) in [6.45, 7) is 0. The predicted molar refractivity (Wildman–Crippen MR) is 77.9 cm³/mol. The van der Waals surface area contributed by atoms with Crippen LogP contribution in [0, 0.1) is 0 Å². The fourth-order valence-electron chi connectivity index (χ4n) is 1.81. The maximum Gasteiger partial charge on any atom is 0.0790 e. The Bertz CT molecular complexity index is 300. The van der Waals surface area contributed by atoms with Crippen LogP contribution in [-0.2, 0) is 0 Å². The lowest BCUT2D eigenvalue weighted by atomic mass is 10.0. The number of rotatable bonds is 8. The minimum atomic E-state index is -0.344. The molecule has 0 saturated carbocycles. The van der Waals surface area contributed by atoms with Crippen LogP contribution in [0.2, 0.25) is 5.02 Å². The Labute approximate surface area is 117 Å². The van der Waals surface area contributed by atoms with Crippen LogP contribution in [0.3, 0.4) is 0 Å². The third kappa shape index (κ3) is 6.44. The summed E-state index contributed by atoms with van der Waals surface area (Å²) in [6, 6.07) is 7.46. The molecule has 1 nitrogen and oxygen atoms in total. The van der Waals surface area contributed by atoms with Crippen LogP contribution < -0.4 is 0 Å². The molecule has 17 heavy (non-hydrogen) atoms. The van der Waals surface area contributed by atoms with Crippen LogP contribution in [0.4, 0.5) is 0 Å². The molecule has 0 aliphatic carbocycles. The van der Waals surface area contributed by atoms with Crippen molar-refractivity contribution >= 4 is 27.5 Å². The minimum absolute atomic E-state index is 0.344. The molecule has 0 fully saturated rings. The van der Waals surface area contributed by atoms with Gasteiger partial charge in [0.25, 0.3) is 0 Å². The van der Waals surface area contributed by atoms with Crippen LogP contribution in [0.1, 0.15) is 50.2 Å². The van der Waals surface area contributed by atoms with Gasteiger partial charge in [-0.2, -0.15) is 0 Å². The number of hydrogen-bond donors (Lipinski definition) is 1. The van der Waals surface area contributed by atoms with Crippen LogP contribution >= 0.6 is 27.5 Å². The Morgan fingerprint density at radius 2 is 1.59 bits per heavy atom. The highest BCUT2D eigenvalue weighted by atomic mass is 79.9. The van der Waals surface area contributed by atoms with E-state index < -0.39 is 0 Å². The van der Waals surface area contributed by atoms with Crippen molar-refractivity contribution < 1.29 is 5.11 Å². The highest BCUT2D eigenvalue weighted by Gasteiger charge is 2.06.